The molecule has 1 heteroatoms. The van der Waals surface area contributed by atoms with E-state index in [2.05, 4.69) is 31.3 Å². The molecule has 1 aromatic rings. The van der Waals surface area contributed by atoms with Crippen molar-refractivity contribution in [3.63, 3.8) is 0 Å². The normalized spacial score (nSPS) is 15.8. The van der Waals surface area contributed by atoms with Gasteiger partial charge in [-0.1, -0.05) is 17.7 Å². The van der Waals surface area contributed by atoms with E-state index in [-0.39, 0.29) is 0 Å². The molecule has 0 aliphatic carbocycles. The Labute approximate surface area is 80.2 Å². The lowest BCUT2D eigenvalue weighted by molar-refractivity contribution is 0.785. The quantitative estimate of drug-likeness (QED) is 0.639. The average Bonchev–Trinajstić information content (AvgIpc) is 2.28. The smallest absolute Gasteiger partial charge is 0.0402 e. The van der Waals surface area contributed by atoms with E-state index < -0.39 is 0 Å². The SMILES string of the molecule is Cc1cc(C)c2c(c1)CCCCN2. The number of anilines is 1. The molecular formula is C12H17N. The second-order valence-electron chi connectivity index (χ2n) is 4.00. The molecule has 0 saturated heterocycles. The zero-order valence-electron chi connectivity index (χ0n) is 8.48. The van der Waals surface area contributed by atoms with Crippen LogP contribution in [0.4, 0.5) is 5.69 Å². The topological polar surface area (TPSA) is 12.0 Å². The lowest BCUT2D eigenvalue weighted by atomic mass is 10.0. The van der Waals surface area contributed by atoms with E-state index in [1.54, 1.807) is 0 Å². The van der Waals surface area contributed by atoms with E-state index in [1.807, 2.05) is 0 Å². The third-order valence-electron chi connectivity index (χ3n) is 2.74. The lowest BCUT2D eigenvalue weighted by Gasteiger charge is -2.12. The molecule has 1 heterocycles. The van der Waals surface area contributed by atoms with Crippen LogP contribution in [-0.2, 0) is 6.42 Å². The van der Waals surface area contributed by atoms with Crippen LogP contribution in [0, 0.1) is 13.8 Å². The molecule has 0 unspecified atom stereocenters. The first-order chi connectivity index (χ1) is 6.27. The Morgan fingerprint density at radius 1 is 1.15 bits per heavy atom. The van der Waals surface area contributed by atoms with Crippen LogP contribution in [0.3, 0.4) is 0 Å². The molecule has 2 rings (SSSR count). The van der Waals surface area contributed by atoms with Crippen molar-refractivity contribution in [1.82, 2.24) is 0 Å². The fraction of sp³-hybridized carbons (Fsp3) is 0.500. The van der Waals surface area contributed by atoms with E-state index in [0.29, 0.717) is 0 Å². The highest BCUT2D eigenvalue weighted by atomic mass is 14.9. The van der Waals surface area contributed by atoms with Crippen LogP contribution in [0.5, 0.6) is 0 Å². The molecular weight excluding hydrogens is 158 g/mol. The summed E-state index contributed by atoms with van der Waals surface area (Å²) in [5, 5.41) is 3.52. The summed E-state index contributed by atoms with van der Waals surface area (Å²) in [6.45, 7) is 5.51. The van der Waals surface area contributed by atoms with Crippen LogP contribution >= 0.6 is 0 Å². The maximum atomic E-state index is 3.52. The first kappa shape index (κ1) is 8.61. The maximum Gasteiger partial charge on any atom is 0.0402 e. The predicted octanol–water partition coefficient (Wildman–Crippen LogP) is 3.05. The molecule has 0 saturated carbocycles. The molecule has 0 radical (unpaired) electrons. The van der Waals surface area contributed by atoms with Crippen LogP contribution < -0.4 is 5.32 Å². The zero-order valence-corrected chi connectivity index (χ0v) is 8.48. The molecule has 0 bridgehead atoms. The van der Waals surface area contributed by atoms with Crippen molar-refractivity contribution in [1.29, 1.82) is 0 Å². The van der Waals surface area contributed by atoms with Crippen LogP contribution in [0.15, 0.2) is 12.1 Å². The number of nitrogens with one attached hydrogen (secondary N) is 1. The van der Waals surface area contributed by atoms with Gasteiger partial charge >= 0.3 is 0 Å². The van der Waals surface area contributed by atoms with Gasteiger partial charge in [-0.15, -0.1) is 0 Å². The van der Waals surface area contributed by atoms with Gasteiger partial charge in [-0.05, 0) is 44.2 Å². The highest BCUT2D eigenvalue weighted by Gasteiger charge is 2.09. The van der Waals surface area contributed by atoms with Gasteiger partial charge in [0.15, 0.2) is 0 Å². The molecule has 0 aromatic heterocycles. The number of benzene rings is 1. The van der Waals surface area contributed by atoms with Crippen LogP contribution in [0.1, 0.15) is 29.5 Å². The number of aryl methyl sites for hydroxylation is 3. The van der Waals surface area contributed by atoms with Crippen molar-refractivity contribution in [3.05, 3.63) is 28.8 Å². The zero-order chi connectivity index (χ0) is 9.26. The third kappa shape index (κ3) is 1.69. The Morgan fingerprint density at radius 2 is 2.00 bits per heavy atom. The van der Waals surface area contributed by atoms with Crippen molar-refractivity contribution in [2.24, 2.45) is 0 Å². The first-order valence-electron chi connectivity index (χ1n) is 5.11. The van der Waals surface area contributed by atoms with E-state index in [1.165, 1.54) is 41.6 Å². The largest absolute Gasteiger partial charge is 0.385 e. The van der Waals surface area contributed by atoms with Crippen LogP contribution in [0.2, 0.25) is 0 Å². The summed E-state index contributed by atoms with van der Waals surface area (Å²) in [5.74, 6) is 0. The van der Waals surface area contributed by atoms with Gasteiger partial charge in [-0.2, -0.15) is 0 Å². The highest BCUT2D eigenvalue weighted by Crippen LogP contribution is 2.26. The maximum absolute atomic E-state index is 3.52. The van der Waals surface area contributed by atoms with Gasteiger partial charge in [0.05, 0.1) is 0 Å². The molecule has 1 aliphatic heterocycles. The fourth-order valence-electron chi connectivity index (χ4n) is 2.16. The molecule has 1 nitrogen and oxygen atoms in total. The predicted molar refractivity (Wildman–Crippen MR) is 57.3 cm³/mol. The molecule has 70 valence electrons. The van der Waals surface area contributed by atoms with Crippen molar-refractivity contribution in [2.75, 3.05) is 11.9 Å². The van der Waals surface area contributed by atoms with E-state index in [0.717, 1.165) is 6.54 Å². The molecule has 0 amide bonds. The van der Waals surface area contributed by atoms with Gasteiger partial charge < -0.3 is 5.32 Å². The Balaban J connectivity index is 2.47. The van der Waals surface area contributed by atoms with Crippen LogP contribution in [-0.4, -0.2) is 6.54 Å². The second kappa shape index (κ2) is 3.41. The molecule has 0 spiro atoms. The molecule has 0 fully saturated rings. The van der Waals surface area contributed by atoms with Crippen molar-refractivity contribution in [2.45, 2.75) is 33.1 Å². The molecule has 0 atom stereocenters. The summed E-state index contributed by atoms with van der Waals surface area (Å²) in [4.78, 5) is 0. The van der Waals surface area contributed by atoms with Gasteiger partial charge in [-0.25, -0.2) is 0 Å². The van der Waals surface area contributed by atoms with Gasteiger partial charge in [0.25, 0.3) is 0 Å². The standard InChI is InChI=1S/C12H17N/c1-9-7-10(2)12-11(8-9)5-3-4-6-13-12/h7-8,13H,3-6H2,1-2H3. The van der Waals surface area contributed by atoms with Crippen molar-refractivity contribution in [3.8, 4) is 0 Å². The van der Waals surface area contributed by atoms with E-state index in [9.17, 15) is 0 Å². The highest BCUT2D eigenvalue weighted by molar-refractivity contribution is 5.59. The van der Waals surface area contributed by atoms with Gasteiger partial charge in [0.1, 0.15) is 0 Å². The van der Waals surface area contributed by atoms with Gasteiger partial charge in [-0.3, -0.25) is 0 Å². The first-order valence-corrected chi connectivity index (χ1v) is 5.11. The number of hydrogen-bond acceptors (Lipinski definition) is 1. The van der Waals surface area contributed by atoms with E-state index in [4.69, 9.17) is 0 Å². The van der Waals surface area contributed by atoms with Gasteiger partial charge in [0, 0.05) is 12.2 Å². The van der Waals surface area contributed by atoms with Gasteiger partial charge in [0.2, 0.25) is 0 Å². The average molecular weight is 175 g/mol. The Morgan fingerprint density at radius 3 is 2.85 bits per heavy atom. The summed E-state index contributed by atoms with van der Waals surface area (Å²) < 4.78 is 0. The second-order valence-corrected chi connectivity index (χ2v) is 4.00. The lowest BCUT2D eigenvalue weighted by Crippen LogP contribution is -2.01. The summed E-state index contributed by atoms with van der Waals surface area (Å²) in [6.07, 6.45) is 3.86. The van der Waals surface area contributed by atoms with E-state index >= 15 is 0 Å². The Kier molecular flexibility index (Phi) is 2.26. The third-order valence-corrected chi connectivity index (χ3v) is 2.74. The van der Waals surface area contributed by atoms with Crippen molar-refractivity contribution < 1.29 is 0 Å². The number of rotatable bonds is 0. The Bertz CT molecular complexity index is 315. The van der Waals surface area contributed by atoms with Crippen molar-refractivity contribution >= 4 is 5.69 Å². The monoisotopic (exact) mass is 175 g/mol. The summed E-state index contributed by atoms with van der Waals surface area (Å²) in [6, 6.07) is 4.58. The fourth-order valence-corrected chi connectivity index (χ4v) is 2.16. The number of fused-ring (bicyclic) bond motifs is 1. The molecule has 1 aliphatic rings. The molecule has 1 aromatic carbocycles. The minimum absolute atomic E-state index is 1.14. The summed E-state index contributed by atoms with van der Waals surface area (Å²) in [7, 11) is 0. The molecule has 1 N–H and O–H groups in total. The Hall–Kier alpha value is -0.980. The minimum Gasteiger partial charge on any atom is -0.385 e. The van der Waals surface area contributed by atoms with Crippen LogP contribution in [0.25, 0.3) is 0 Å². The number of hydrogen-bond donors (Lipinski definition) is 1. The minimum atomic E-state index is 1.14. The summed E-state index contributed by atoms with van der Waals surface area (Å²) in [5.41, 5.74) is 5.69. The molecule has 13 heavy (non-hydrogen) atoms. The summed E-state index contributed by atoms with van der Waals surface area (Å²) >= 11 is 0.